The maximum atomic E-state index is 15.0. The molecule has 11 heteroatoms. The Morgan fingerprint density at radius 2 is 1.91 bits per heavy atom. The molecule has 0 radical (unpaired) electrons. The first kappa shape index (κ1) is 24.0. The Kier molecular flexibility index (Phi) is 6.08. The van der Waals surface area contributed by atoms with Crippen LogP contribution < -0.4 is 15.1 Å². The number of amides is 2. The number of carbonyl (C=O) groups excluding carboxylic acids is 2. The molecular formula is C24H21FN6O3S. The van der Waals surface area contributed by atoms with Crippen molar-refractivity contribution in [1.29, 1.82) is 0 Å². The molecule has 0 saturated carbocycles. The number of benzene rings is 2. The molecule has 0 unspecified atom stereocenters. The van der Waals surface area contributed by atoms with Gasteiger partial charge in [-0.25, -0.2) is 9.24 Å². The number of anilines is 2. The van der Waals surface area contributed by atoms with Gasteiger partial charge in [0.15, 0.2) is 10.8 Å². The lowest BCUT2D eigenvalue weighted by Gasteiger charge is -2.29. The van der Waals surface area contributed by atoms with Gasteiger partial charge in [-0.2, -0.15) is 0 Å². The highest BCUT2D eigenvalue weighted by Gasteiger charge is 2.50. The first-order chi connectivity index (χ1) is 16.5. The summed E-state index contributed by atoms with van der Waals surface area (Å²) in [5, 5.41) is 9.95. The summed E-state index contributed by atoms with van der Waals surface area (Å²) in [5.41, 5.74) is 1.29. The average molecular weight is 493 g/mol. The lowest BCUT2D eigenvalue weighted by Crippen LogP contribution is -2.44. The van der Waals surface area contributed by atoms with Gasteiger partial charge in [0.1, 0.15) is 11.4 Å². The minimum absolute atomic E-state index is 0.0993. The Hall–Kier alpha value is -4.17. The van der Waals surface area contributed by atoms with Crippen molar-refractivity contribution in [2.45, 2.75) is 39.8 Å². The summed E-state index contributed by atoms with van der Waals surface area (Å²) in [4.78, 5) is 31.9. The molecule has 2 amide bonds. The van der Waals surface area contributed by atoms with Crippen LogP contribution in [-0.2, 0) is 11.3 Å². The van der Waals surface area contributed by atoms with Gasteiger partial charge >= 0.3 is 11.8 Å². The van der Waals surface area contributed by atoms with E-state index in [1.807, 2.05) is 0 Å². The number of carbonyl (C=O) groups is 2. The predicted molar refractivity (Wildman–Crippen MR) is 131 cm³/mol. The molecular weight excluding hydrogens is 471 g/mol. The van der Waals surface area contributed by atoms with E-state index in [0.717, 1.165) is 5.56 Å². The summed E-state index contributed by atoms with van der Waals surface area (Å²) >= 11 is 5.64. The van der Waals surface area contributed by atoms with E-state index in [-0.39, 0.29) is 34.9 Å². The third-order valence-electron chi connectivity index (χ3n) is 5.68. The highest BCUT2D eigenvalue weighted by Crippen LogP contribution is 2.38. The maximum Gasteiger partial charge on any atom is 0.309 e. The van der Waals surface area contributed by atoms with Crippen molar-refractivity contribution in [1.82, 2.24) is 15.5 Å². The summed E-state index contributed by atoms with van der Waals surface area (Å²) in [6, 6.07) is 9.47. The number of rotatable bonds is 5. The van der Waals surface area contributed by atoms with Crippen molar-refractivity contribution in [3.05, 3.63) is 76.5 Å². The predicted octanol–water partition coefficient (Wildman–Crippen LogP) is 4.22. The van der Waals surface area contributed by atoms with E-state index < -0.39 is 17.3 Å². The van der Waals surface area contributed by atoms with Gasteiger partial charge in [0.25, 0.3) is 5.91 Å². The summed E-state index contributed by atoms with van der Waals surface area (Å²) in [5.74, 6) is -1.43. The van der Waals surface area contributed by atoms with Crippen LogP contribution >= 0.6 is 12.2 Å². The number of hydrogen-bond acceptors (Lipinski definition) is 6. The third kappa shape index (κ3) is 4.24. The van der Waals surface area contributed by atoms with Gasteiger partial charge < -0.3 is 14.6 Å². The molecule has 0 atom stereocenters. The monoisotopic (exact) mass is 492 g/mol. The molecule has 1 aliphatic heterocycles. The van der Waals surface area contributed by atoms with Crippen LogP contribution in [0.25, 0.3) is 4.85 Å². The molecule has 1 saturated heterocycles. The molecule has 1 fully saturated rings. The van der Waals surface area contributed by atoms with Crippen LogP contribution in [0.5, 0.6) is 0 Å². The number of nitrogens with zero attached hydrogens (tertiary/aromatic N) is 5. The van der Waals surface area contributed by atoms with Gasteiger partial charge in [0.2, 0.25) is 5.89 Å². The number of aromatic nitrogens is 2. The van der Waals surface area contributed by atoms with E-state index in [2.05, 4.69) is 20.4 Å². The Balaban J connectivity index is 1.58. The topological polar surface area (TPSA) is 95.9 Å². The normalized spacial score (nSPS) is 14.9. The quantitative estimate of drug-likeness (QED) is 0.421. The largest absolute Gasteiger partial charge is 0.417 e. The zero-order valence-corrected chi connectivity index (χ0v) is 20.2. The maximum absolute atomic E-state index is 15.0. The third-order valence-corrected chi connectivity index (χ3v) is 6.05. The molecule has 1 aromatic heterocycles. The Morgan fingerprint density at radius 1 is 1.20 bits per heavy atom. The molecule has 9 nitrogen and oxygen atoms in total. The summed E-state index contributed by atoms with van der Waals surface area (Å²) < 4.78 is 20.1. The van der Waals surface area contributed by atoms with Crippen molar-refractivity contribution >= 4 is 46.2 Å². The van der Waals surface area contributed by atoms with E-state index in [9.17, 15) is 14.0 Å². The number of nitrogens with one attached hydrogen (secondary N) is 1. The van der Waals surface area contributed by atoms with Crippen LogP contribution in [0.15, 0.2) is 40.8 Å². The van der Waals surface area contributed by atoms with Gasteiger partial charge in [0, 0.05) is 30.4 Å². The zero-order valence-electron chi connectivity index (χ0n) is 19.4. The summed E-state index contributed by atoms with van der Waals surface area (Å²) in [7, 11) is 0. The van der Waals surface area contributed by atoms with E-state index in [1.165, 1.54) is 17.0 Å². The molecule has 1 aliphatic rings. The number of halogens is 1. The number of thiocarbonyl (C=S) groups is 1. The standard InChI is InChI=1S/C24H21FN6O3S/c1-13-10-16(8-9-19(13)26-5)30-22(33)24(3,4)31(23(30)35)17-7-6-15(18(25)11-17)12-27-20(32)21-29-28-14(2)34-21/h6-11H,12H2,1-4H3,(H,27,32). The Bertz CT molecular complexity index is 1410. The van der Waals surface area contributed by atoms with E-state index in [1.54, 1.807) is 56.9 Å². The fraction of sp³-hybridized carbons (Fsp3) is 0.250. The van der Waals surface area contributed by atoms with Crippen molar-refractivity contribution < 1.29 is 18.4 Å². The molecule has 3 aromatic rings. The summed E-state index contributed by atoms with van der Waals surface area (Å²) in [6.45, 7) is 13.9. The lowest BCUT2D eigenvalue weighted by molar-refractivity contribution is -0.120. The molecule has 178 valence electrons. The van der Waals surface area contributed by atoms with Gasteiger partial charge in [-0.3, -0.25) is 14.5 Å². The highest BCUT2D eigenvalue weighted by molar-refractivity contribution is 7.81. The molecule has 0 spiro atoms. The van der Waals surface area contributed by atoms with Crippen molar-refractivity contribution in [3.63, 3.8) is 0 Å². The average Bonchev–Trinajstić information content (AvgIpc) is 3.31. The molecule has 0 bridgehead atoms. The second-order valence-corrected chi connectivity index (χ2v) is 8.85. The van der Waals surface area contributed by atoms with Gasteiger partial charge in [0.05, 0.1) is 6.57 Å². The second kappa shape index (κ2) is 8.88. The smallest absolute Gasteiger partial charge is 0.309 e. The number of aryl methyl sites for hydroxylation is 2. The Morgan fingerprint density at radius 3 is 2.51 bits per heavy atom. The van der Waals surface area contributed by atoms with E-state index in [0.29, 0.717) is 17.1 Å². The van der Waals surface area contributed by atoms with E-state index in [4.69, 9.17) is 23.2 Å². The van der Waals surface area contributed by atoms with Crippen LogP contribution in [0.4, 0.5) is 21.5 Å². The molecule has 0 aliphatic carbocycles. The van der Waals surface area contributed by atoms with Gasteiger partial charge in [-0.1, -0.05) is 12.1 Å². The van der Waals surface area contributed by atoms with Gasteiger partial charge in [-0.05, 0) is 62.8 Å². The number of hydrogen-bond donors (Lipinski definition) is 1. The minimum Gasteiger partial charge on any atom is -0.417 e. The summed E-state index contributed by atoms with van der Waals surface area (Å²) in [6.07, 6.45) is 0. The molecule has 2 aromatic carbocycles. The second-order valence-electron chi connectivity index (χ2n) is 8.48. The van der Waals surface area contributed by atoms with Crippen molar-refractivity contribution in [2.24, 2.45) is 0 Å². The SMILES string of the molecule is [C-]#[N+]c1ccc(N2C(=O)C(C)(C)N(c3ccc(CNC(=O)c4nnc(C)o4)c(F)c3)C2=S)cc1C. The lowest BCUT2D eigenvalue weighted by atomic mass is 10.0. The molecule has 1 N–H and O–H groups in total. The van der Waals surface area contributed by atoms with Crippen LogP contribution in [0, 0.1) is 26.2 Å². The Labute approximate surface area is 206 Å². The van der Waals surface area contributed by atoms with Crippen LogP contribution in [0.3, 0.4) is 0 Å². The highest BCUT2D eigenvalue weighted by atomic mass is 32.1. The van der Waals surface area contributed by atoms with E-state index >= 15 is 0 Å². The fourth-order valence-electron chi connectivity index (χ4n) is 3.82. The van der Waals surface area contributed by atoms with Gasteiger partial charge in [-0.15, -0.1) is 10.2 Å². The van der Waals surface area contributed by atoms with Crippen LogP contribution in [0.2, 0.25) is 0 Å². The molecule has 2 heterocycles. The fourth-order valence-corrected chi connectivity index (χ4v) is 4.34. The molecule has 35 heavy (non-hydrogen) atoms. The molecule has 4 rings (SSSR count). The van der Waals surface area contributed by atoms with Crippen LogP contribution in [-0.4, -0.2) is 32.7 Å². The van der Waals surface area contributed by atoms with Crippen LogP contribution in [0.1, 0.15) is 41.6 Å². The zero-order chi connectivity index (χ0) is 25.5. The van der Waals surface area contributed by atoms with Crippen molar-refractivity contribution in [3.8, 4) is 0 Å². The first-order valence-electron chi connectivity index (χ1n) is 10.6. The van der Waals surface area contributed by atoms with Crippen molar-refractivity contribution in [2.75, 3.05) is 9.80 Å². The minimum atomic E-state index is -1.08. The first-order valence-corrected chi connectivity index (χ1v) is 11.0.